The van der Waals surface area contributed by atoms with Crippen LogP contribution in [0.2, 0.25) is 0 Å². The third-order valence-corrected chi connectivity index (χ3v) is 7.57. The second kappa shape index (κ2) is 12.3. The monoisotopic (exact) mass is 510 g/mol. The minimum absolute atomic E-state index is 0.000565. The lowest BCUT2D eigenvalue weighted by atomic mass is 9.92. The van der Waals surface area contributed by atoms with Crippen molar-refractivity contribution in [1.29, 1.82) is 0 Å². The van der Waals surface area contributed by atoms with E-state index in [1.54, 1.807) is 0 Å². The molecule has 0 radical (unpaired) electrons. The van der Waals surface area contributed by atoms with Gasteiger partial charge in [0, 0.05) is 24.9 Å². The Morgan fingerprint density at radius 3 is 2.27 bits per heavy atom. The van der Waals surface area contributed by atoms with E-state index in [1.807, 2.05) is 37.3 Å². The van der Waals surface area contributed by atoms with Crippen molar-refractivity contribution in [3.63, 3.8) is 0 Å². The van der Waals surface area contributed by atoms with Gasteiger partial charge in [-0.2, -0.15) is 0 Å². The van der Waals surface area contributed by atoms with Crippen molar-refractivity contribution >= 4 is 29.4 Å². The number of carbonyl (C=O) groups excluding carboxylic acids is 5. The van der Waals surface area contributed by atoms with Gasteiger partial charge in [0.15, 0.2) is 0 Å². The van der Waals surface area contributed by atoms with Gasteiger partial charge < -0.3 is 21.3 Å². The summed E-state index contributed by atoms with van der Waals surface area (Å²) in [6.07, 6.45) is 5.78. The zero-order valence-electron chi connectivity index (χ0n) is 21.5. The molecule has 4 rings (SSSR count). The quantitative estimate of drug-likeness (QED) is 0.283. The summed E-state index contributed by atoms with van der Waals surface area (Å²) < 4.78 is 0. The second-order valence-corrected chi connectivity index (χ2v) is 10.7. The molecule has 1 unspecified atom stereocenters. The van der Waals surface area contributed by atoms with Crippen molar-refractivity contribution in [2.45, 2.75) is 88.8 Å². The molecule has 2 saturated carbocycles. The zero-order chi connectivity index (χ0) is 26.4. The first-order valence-electron chi connectivity index (χ1n) is 13.6. The topological polar surface area (TPSA) is 133 Å². The largest absolute Gasteiger partial charge is 0.356 e. The number of nitrogens with one attached hydrogen (secondary N) is 4. The van der Waals surface area contributed by atoms with Crippen LogP contribution in [0.1, 0.15) is 76.2 Å². The molecule has 0 bridgehead atoms. The van der Waals surface area contributed by atoms with Crippen molar-refractivity contribution < 1.29 is 24.0 Å². The predicted octanol–water partition coefficient (Wildman–Crippen LogP) is 1.71. The highest BCUT2D eigenvalue weighted by molar-refractivity contribution is 6.38. The van der Waals surface area contributed by atoms with Crippen LogP contribution in [0.4, 0.5) is 0 Å². The normalized spacial score (nSPS) is 21.3. The molecule has 3 aliphatic rings. The molecule has 1 aromatic rings. The van der Waals surface area contributed by atoms with Gasteiger partial charge in [-0.05, 0) is 55.9 Å². The van der Waals surface area contributed by atoms with Crippen molar-refractivity contribution in [1.82, 2.24) is 21.3 Å². The average molecular weight is 511 g/mol. The summed E-state index contributed by atoms with van der Waals surface area (Å²) in [6.45, 7) is 2.54. The summed E-state index contributed by atoms with van der Waals surface area (Å²) in [5, 5.41) is 11.1. The smallest absolute Gasteiger partial charge is 0.289 e. The molecule has 1 saturated heterocycles. The maximum atomic E-state index is 13.4. The molecule has 37 heavy (non-hydrogen) atoms. The fraction of sp³-hybridized carbons (Fsp3) is 0.607. The molecule has 9 heteroatoms. The molecule has 4 N–H and O–H groups in total. The van der Waals surface area contributed by atoms with E-state index in [1.165, 1.54) is 0 Å². The van der Waals surface area contributed by atoms with Gasteiger partial charge in [-0.25, -0.2) is 0 Å². The van der Waals surface area contributed by atoms with Gasteiger partial charge in [0.2, 0.25) is 23.5 Å². The van der Waals surface area contributed by atoms with E-state index < -0.39 is 35.6 Å². The molecule has 9 nitrogen and oxygen atoms in total. The molecule has 1 aromatic carbocycles. The first kappa shape index (κ1) is 26.8. The Bertz CT molecular complexity index is 1010. The van der Waals surface area contributed by atoms with Gasteiger partial charge in [-0.15, -0.1) is 0 Å². The van der Waals surface area contributed by atoms with Gasteiger partial charge >= 0.3 is 0 Å². The van der Waals surface area contributed by atoms with Crippen LogP contribution in [0, 0.1) is 11.8 Å². The summed E-state index contributed by atoms with van der Waals surface area (Å²) in [5.74, 6) is -2.42. The third kappa shape index (κ3) is 7.87. The second-order valence-electron chi connectivity index (χ2n) is 10.7. The number of benzene rings is 1. The molecule has 1 aliphatic heterocycles. The van der Waals surface area contributed by atoms with E-state index in [-0.39, 0.29) is 36.6 Å². The fourth-order valence-corrected chi connectivity index (χ4v) is 4.92. The van der Waals surface area contributed by atoms with Crippen molar-refractivity contribution in [3.05, 3.63) is 35.9 Å². The Balaban J connectivity index is 1.42. The number of hydrogen-bond donors (Lipinski definition) is 4. The highest BCUT2D eigenvalue weighted by Gasteiger charge is 2.38. The number of rotatable bonds is 14. The lowest BCUT2D eigenvalue weighted by molar-refractivity contribution is -0.141. The lowest BCUT2D eigenvalue weighted by Crippen LogP contribution is -2.55. The lowest BCUT2D eigenvalue weighted by Gasteiger charge is -2.24. The third-order valence-electron chi connectivity index (χ3n) is 7.57. The number of amides is 4. The zero-order valence-corrected chi connectivity index (χ0v) is 21.5. The summed E-state index contributed by atoms with van der Waals surface area (Å²) >= 11 is 0. The number of Topliss-reactive ketones (excluding diaryl/α,β-unsaturated/α-hetero) is 1. The minimum Gasteiger partial charge on any atom is -0.356 e. The van der Waals surface area contributed by atoms with E-state index in [2.05, 4.69) is 21.3 Å². The molecule has 4 atom stereocenters. The highest BCUT2D eigenvalue weighted by Crippen LogP contribution is 2.34. The van der Waals surface area contributed by atoms with Gasteiger partial charge in [0.05, 0.1) is 6.04 Å². The molecule has 0 aromatic heterocycles. The number of carbonyl (C=O) groups is 5. The maximum absolute atomic E-state index is 13.4. The van der Waals surface area contributed by atoms with E-state index in [4.69, 9.17) is 0 Å². The van der Waals surface area contributed by atoms with Crippen molar-refractivity contribution in [2.75, 3.05) is 6.54 Å². The molecule has 200 valence electrons. The molecule has 3 fully saturated rings. The number of hydrogen-bond acceptors (Lipinski definition) is 5. The van der Waals surface area contributed by atoms with Gasteiger partial charge in [-0.1, -0.05) is 50.1 Å². The Morgan fingerprint density at radius 2 is 1.68 bits per heavy atom. The van der Waals surface area contributed by atoms with Crippen LogP contribution in [0.3, 0.4) is 0 Å². The van der Waals surface area contributed by atoms with Crippen LogP contribution in [0.25, 0.3) is 0 Å². The molecular formula is C28H38N4O5. The summed E-state index contributed by atoms with van der Waals surface area (Å²) in [6, 6.07) is 7.90. The van der Waals surface area contributed by atoms with Crippen LogP contribution >= 0.6 is 0 Å². The van der Waals surface area contributed by atoms with Crippen LogP contribution in [-0.2, 0) is 24.0 Å². The summed E-state index contributed by atoms with van der Waals surface area (Å²) in [4.78, 5) is 64.1. The maximum Gasteiger partial charge on any atom is 0.289 e. The Kier molecular flexibility index (Phi) is 8.95. The molecule has 1 heterocycles. The first-order valence-corrected chi connectivity index (χ1v) is 13.6. The van der Waals surface area contributed by atoms with E-state index in [0.717, 1.165) is 37.7 Å². The van der Waals surface area contributed by atoms with E-state index in [0.29, 0.717) is 25.3 Å². The molecule has 2 aliphatic carbocycles. The summed E-state index contributed by atoms with van der Waals surface area (Å²) in [5.41, 5.74) is 1.07. The van der Waals surface area contributed by atoms with Crippen LogP contribution < -0.4 is 21.3 Å². The SMILES string of the molecule is CC[C@H](CC(=O)N[C@@H](CC1CC1)C(=O)NC(C[C@@H]1CCNC1=O)C(=O)C(=O)NC1CC1)c1ccccc1. The molecule has 4 amide bonds. The number of ketones is 1. The van der Waals surface area contributed by atoms with Gasteiger partial charge in [0.25, 0.3) is 5.91 Å². The highest BCUT2D eigenvalue weighted by atomic mass is 16.2. The Labute approximate surface area is 217 Å². The van der Waals surface area contributed by atoms with Gasteiger partial charge in [0.1, 0.15) is 6.04 Å². The van der Waals surface area contributed by atoms with E-state index >= 15 is 0 Å². The average Bonchev–Trinajstić information content (AvgIpc) is 3.83. The summed E-state index contributed by atoms with van der Waals surface area (Å²) in [7, 11) is 0. The van der Waals surface area contributed by atoms with Crippen molar-refractivity contribution in [3.8, 4) is 0 Å². The van der Waals surface area contributed by atoms with Gasteiger partial charge in [-0.3, -0.25) is 24.0 Å². The van der Waals surface area contributed by atoms with Crippen LogP contribution in [-0.4, -0.2) is 54.1 Å². The van der Waals surface area contributed by atoms with Crippen LogP contribution in [0.15, 0.2) is 30.3 Å². The van der Waals surface area contributed by atoms with E-state index in [9.17, 15) is 24.0 Å². The molecular weight excluding hydrogens is 472 g/mol. The molecule has 0 spiro atoms. The fourth-order valence-electron chi connectivity index (χ4n) is 4.92. The Hall–Kier alpha value is -3.23. The minimum atomic E-state index is -1.12. The van der Waals surface area contributed by atoms with Crippen molar-refractivity contribution in [2.24, 2.45) is 11.8 Å². The first-order chi connectivity index (χ1) is 17.8. The van der Waals surface area contributed by atoms with Crippen LogP contribution in [0.5, 0.6) is 0 Å². The predicted molar refractivity (Wildman–Crippen MR) is 137 cm³/mol. The Morgan fingerprint density at radius 1 is 0.946 bits per heavy atom. The standard InChI is InChI=1S/C28H38N4O5/c1-2-18(19-6-4-3-5-7-19)16-24(33)31-23(14-17-8-9-17)27(36)32-22(15-20-12-13-29-26(20)35)25(34)28(37)30-21-10-11-21/h3-7,17-18,20-23H,2,8-16H2,1H3,(H,29,35)(H,30,37)(H,31,33)(H,32,36)/t18-,20+,22?,23+/m1/s1.